The van der Waals surface area contributed by atoms with Crippen LogP contribution in [-0.2, 0) is 24.2 Å². The monoisotopic (exact) mass is 564 g/mol. The van der Waals surface area contributed by atoms with E-state index in [-0.39, 0.29) is 18.2 Å². The Morgan fingerprint density at radius 1 is 0.902 bits per heavy atom. The Morgan fingerprint density at radius 2 is 1.63 bits per heavy atom. The third-order valence-corrected chi connectivity index (χ3v) is 7.72. The van der Waals surface area contributed by atoms with E-state index in [1.807, 2.05) is 89.5 Å². The van der Waals surface area contributed by atoms with Crippen molar-refractivity contribution in [1.29, 1.82) is 0 Å². The number of carbonyl (C=O) groups is 1. The van der Waals surface area contributed by atoms with E-state index in [0.717, 1.165) is 39.9 Å². The maximum Gasteiger partial charge on any atom is 0.228 e. The van der Waals surface area contributed by atoms with Gasteiger partial charge in [0.25, 0.3) is 0 Å². The standard InChI is InChI=1S/C33H32N4O3S/c1-40-29-14-8-13-27(22-29)37-31(35-36-33(37)41-20-19-24-9-4-2-5-10-24)23-34-32(39)30(26-11-6-3-7-12-26)21-25-15-17-28(38)18-16-25/h2-18,22,30,38H,19-21,23H2,1H3,(H,34,39)/t30-/m0/s1. The molecular formula is C33H32N4O3S. The van der Waals surface area contributed by atoms with Gasteiger partial charge < -0.3 is 15.2 Å². The molecule has 0 saturated carbocycles. The summed E-state index contributed by atoms with van der Waals surface area (Å²) < 4.78 is 7.45. The van der Waals surface area contributed by atoms with E-state index in [0.29, 0.717) is 12.2 Å². The van der Waals surface area contributed by atoms with Crippen LogP contribution in [0.25, 0.3) is 5.69 Å². The molecule has 0 fully saturated rings. The maximum atomic E-state index is 13.6. The zero-order valence-electron chi connectivity index (χ0n) is 22.8. The Bertz CT molecular complexity index is 1560. The molecular weight excluding hydrogens is 532 g/mol. The van der Waals surface area contributed by atoms with Crippen LogP contribution >= 0.6 is 11.8 Å². The highest BCUT2D eigenvalue weighted by Crippen LogP contribution is 2.26. The van der Waals surface area contributed by atoms with E-state index in [1.54, 1.807) is 31.0 Å². The van der Waals surface area contributed by atoms with Gasteiger partial charge >= 0.3 is 0 Å². The van der Waals surface area contributed by atoms with Crippen molar-refractivity contribution < 1.29 is 14.6 Å². The predicted octanol–water partition coefficient (Wildman–Crippen LogP) is 5.96. The van der Waals surface area contributed by atoms with E-state index in [1.165, 1.54) is 5.56 Å². The molecule has 0 aliphatic rings. The number of phenols is 1. The van der Waals surface area contributed by atoms with Crippen LogP contribution in [0.15, 0.2) is 114 Å². The first-order valence-corrected chi connectivity index (χ1v) is 14.5. The summed E-state index contributed by atoms with van der Waals surface area (Å²) in [7, 11) is 1.64. The van der Waals surface area contributed by atoms with Crippen molar-refractivity contribution in [3.8, 4) is 17.2 Å². The summed E-state index contributed by atoms with van der Waals surface area (Å²) in [6, 6.07) is 34.8. The van der Waals surface area contributed by atoms with Crippen molar-refractivity contribution in [2.24, 2.45) is 0 Å². The lowest BCUT2D eigenvalue weighted by atomic mass is 9.91. The molecule has 0 radical (unpaired) electrons. The van der Waals surface area contributed by atoms with Gasteiger partial charge in [-0.15, -0.1) is 10.2 Å². The summed E-state index contributed by atoms with van der Waals surface area (Å²) in [5.74, 6) is 1.87. The van der Waals surface area contributed by atoms with Crippen molar-refractivity contribution >= 4 is 17.7 Å². The number of hydrogen-bond acceptors (Lipinski definition) is 6. The number of aromatic hydroxyl groups is 1. The van der Waals surface area contributed by atoms with E-state index < -0.39 is 5.92 Å². The first-order chi connectivity index (χ1) is 20.1. The Balaban J connectivity index is 1.36. The summed E-state index contributed by atoms with van der Waals surface area (Å²) in [5, 5.41) is 22.5. The average molecular weight is 565 g/mol. The molecule has 1 aromatic heterocycles. The molecule has 5 rings (SSSR count). The third kappa shape index (κ3) is 7.35. The molecule has 0 spiro atoms. The van der Waals surface area contributed by atoms with Crippen LogP contribution in [-0.4, -0.2) is 38.6 Å². The van der Waals surface area contributed by atoms with Crippen LogP contribution in [0.5, 0.6) is 11.5 Å². The Kier molecular flexibility index (Phi) is 9.34. The zero-order valence-corrected chi connectivity index (χ0v) is 23.6. The van der Waals surface area contributed by atoms with Gasteiger partial charge in [-0.1, -0.05) is 90.6 Å². The van der Waals surface area contributed by atoms with Crippen LogP contribution in [0.2, 0.25) is 0 Å². The largest absolute Gasteiger partial charge is 0.508 e. The summed E-state index contributed by atoms with van der Waals surface area (Å²) >= 11 is 1.63. The van der Waals surface area contributed by atoms with Gasteiger partial charge in [0.2, 0.25) is 5.91 Å². The second kappa shape index (κ2) is 13.7. The number of aryl methyl sites for hydroxylation is 1. The van der Waals surface area contributed by atoms with Gasteiger partial charge in [-0.3, -0.25) is 9.36 Å². The first-order valence-electron chi connectivity index (χ1n) is 13.5. The fourth-order valence-corrected chi connectivity index (χ4v) is 5.59. The molecule has 1 atom stereocenters. The fourth-order valence-electron chi connectivity index (χ4n) is 4.63. The van der Waals surface area contributed by atoms with Gasteiger partial charge in [0.15, 0.2) is 11.0 Å². The fraction of sp³-hybridized carbons (Fsp3) is 0.182. The van der Waals surface area contributed by atoms with E-state index in [9.17, 15) is 9.90 Å². The highest BCUT2D eigenvalue weighted by Gasteiger charge is 2.23. The SMILES string of the molecule is COc1cccc(-n2c(CNC(=O)[C@@H](Cc3ccc(O)cc3)c3ccccc3)nnc2SCCc2ccccc2)c1. The summed E-state index contributed by atoms with van der Waals surface area (Å²) in [6.45, 7) is 0.210. The van der Waals surface area contributed by atoms with Crippen LogP contribution in [0.4, 0.5) is 0 Å². The van der Waals surface area contributed by atoms with Gasteiger partial charge in [-0.05, 0) is 53.8 Å². The van der Waals surface area contributed by atoms with E-state index >= 15 is 0 Å². The molecule has 5 aromatic rings. The number of nitrogens with one attached hydrogen (secondary N) is 1. The lowest BCUT2D eigenvalue weighted by Crippen LogP contribution is -2.31. The molecule has 1 heterocycles. The van der Waals surface area contributed by atoms with Crippen molar-refractivity contribution in [1.82, 2.24) is 20.1 Å². The molecule has 41 heavy (non-hydrogen) atoms. The first kappa shape index (κ1) is 28.0. The van der Waals surface area contributed by atoms with Crippen molar-refractivity contribution in [2.75, 3.05) is 12.9 Å². The highest BCUT2D eigenvalue weighted by molar-refractivity contribution is 7.99. The van der Waals surface area contributed by atoms with Crippen LogP contribution in [0.1, 0.15) is 28.4 Å². The zero-order chi connectivity index (χ0) is 28.4. The number of amides is 1. The number of nitrogens with zero attached hydrogens (tertiary/aromatic N) is 3. The normalized spacial score (nSPS) is 11.6. The Labute approximate surface area is 244 Å². The van der Waals surface area contributed by atoms with Gasteiger partial charge in [0.05, 0.1) is 25.3 Å². The number of carbonyl (C=O) groups excluding carboxylic acids is 1. The molecule has 208 valence electrons. The second-order valence-corrected chi connectivity index (χ2v) is 10.6. The maximum absolute atomic E-state index is 13.6. The number of hydrogen-bond donors (Lipinski definition) is 2. The topological polar surface area (TPSA) is 89.3 Å². The molecule has 7 nitrogen and oxygen atoms in total. The Morgan fingerprint density at radius 3 is 2.37 bits per heavy atom. The lowest BCUT2D eigenvalue weighted by molar-refractivity contribution is -0.122. The number of thioether (sulfide) groups is 1. The number of ether oxygens (including phenoxy) is 1. The third-order valence-electron chi connectivity index (χ3n) is 6.79. The molecule has 0 bridgehead atoms. The van der Waals surface area contributed by atoms with Crippen LogP contribution < -0.4 is 10.1 Å². The minimum Gasteiger partial charge on any atom is -0.508 e. The number of aromatic nitrogens is 3. The van der Waals surface area contributed by atoms with Gasteiger partial charge in [0, 0.05) is 11.8 Å². The molecule has 0 unspecified atom stereocenters. The molecule has 0 aliphatic heterocycles. The van der Waals surface area contributed by atoms with Crippen molar-refractivity contribution in [3.05, 3.63) is 132 Å². The number of phenolic OH excluding ortho intramolecular Hbond substituents is 1. The Hall–Kier alpha value is -4.56. The molecule has 4 aromatic carbocycles. The highest BCUT2D eigenvalue weighted by atomic mass is 32.2. The van der Waals surface area contributed by atoms with Gasteiger partial charge in [-0.25, -0.2) is 0 Å². The summed E-state index contributed by atoms with van der Waals surface area (Å²) in [5.41, 5.74) is 4.01. The number of methoxy groups -OCH3 is 1. The number of rotatable bonds is 12. The summed E-state index contributed by atoms with van der Waals surface area (Å²) in [6.07, 6.45) is 1.40. The van der Waals surface area contributed by atoms with Crippen LogP contribution in [0.3, 0.4) is 0 Å². The molecule has 1 amide bonds. The minimum absolute atomic E-state index is 0.109. The van der Waals surface area contributed by atoms with Gasteiger partial charge in [0.1, 0.15) is 11.5 Å². The smallest absolute Gasteiger partial charge is 0.228 e. The lowest BCUT2D eigenvalue weighted by Gasteiger charge is -2.18. The average Bonchev–Trinajstić information content (AvgIpc) is 3.43. The summed E-state index contributed by atoms with van der Waals surface area (Å²) in [4.78, 5) is 13.6. The molecule has 8 heteroatoms. The van der Waals surface area contributed by atoms with Crippen molar-refractivity contribution in [3.63, 3.8) is 0 Å². The predicted molar refractivity (Wildman–Crippen MR) is 162 cm³/mol. The second-order valence-electron chi connectivity index (χ2n) is 9.57. The van der Waals surface area contributed by atoms with Gasteiger partial charge in [-0.2, -0.15) is 0 Å². The van der Waals surface area contributed by atoms with E-state index in [4.69, 9.17) is 4.74 Å². The molecule has 0 aliphatic carbocycles. The number of benzene rings is 4. The minimum atomic E-state index is -0.409. The van der Waals surface area contributed by atoms with E-state index in [2.05, 4.69) is 27.6 Å². The molecule has 2 N–H and O–H groups in total. The van der Waals surface area contributed by atoms with Crippen LogP contribution in [0, 0.1) is 0 Å². The van der Waals surface area contributed by atoms with Crippen molar-refractivity contribution in [2.45, 2.75) is 30.5 Å². The molecule has 0 saturated heterocycles. The quantitative estimate of drug-likeness (QED) is 0.182.